The van der Waals surface area contributed by atoms with Gasteiger partial charge in [0.2, 0.25) is 0 Å². The summed E-state index contributed by atoms with van der Waals surface area (Å²) in [6, 6.07) is 10.5. The predicted molar refractivity (Wildman–Crippen MR) is 110 cm³/mol. The van der Waals surface area contributed by atoms with Crippen LogP contribution in [0, 0.1) is 10.1 Å². The van der Waals surface area contributed by atoms with Gasteiger partial charge in [-0.05, 0) is 36.2 Å². The van der Waals surface area contributed by atoms with Crippen LogP contribution in [0.5, 0.6) is 5.75 Å². The normalized spacial score (nSPS) is 10.3. The van der Waals surface area contributed by atoms with Crippen LogP contribution in [-0.2, 0) is 16.1 Å². The van der Waals surface area contributed by atoms with Crippen molar-refractivity contribution in [3.8, 4) is 5.75 Å². The average molecular weight is 415 g/mol. The number of nitrogens with zero attached hydrogens (tertiary/aromatic N) is 1. The molecular weight excluding hydrogens is 390 g/mol. The Labute approximate surface area is 174 Å². The number of methoxy groups -OCH3 is 1. The van der Waals surface area contributed by atoms with Gasteiger partial charge in [0.05, 0.1) is 29.8 Å². The molecule has 0 aromatic heterocycles. The molecule has 0 atom stereocenters. The van der Waals surface area contributed by atoms with E-state index in [4.69, 9.17) is 14.2 Å². The number of benzene rings is 2. The molecule has 0 heterocycles. The smallest absolute Gasteiger partial charge is 0.339 e. The number of esters is 2. The van der Waals surface area contributed by atoms with Crippen molar-refractivity contribution < 1.29 is 28.7 Å². The first-order chi connectivity index (χ1) is 14.5. The maximum atomic E-state index is 12.5. The van der Waals surface area contributed by atoms with Gasteiger partial charge in [-0.1, -0.05) is 38.3 Å². The molecule has 0 radical (unpaired) electrons. The molecule has 0 fully saturated rings. The van der Waals surface area contributed by atoms with Gasteiger partial charge in [0.1, 0.15) is 6.61 Å². The summed E-state index contributed by atoms with van der Waals surface area (Å²) in [4.78, 5) is 35.3. The molecule has 0 N–H and O–H groups in total. The third-order valence-electron chi connectivity index (χ3n) is 4.41. The topological polar surface area (TPSA) is 105 Å². The van der Waals surface area contributed by atoms with E-state index in [0.717, 1.165) is 25.7 Å². The van der Waals surface area contributed by atoms with E-state index in [9.17, 15) is 19.7 Å². The van der Waals surface area contributed by atoms with Crippen LogP contribution in [0.2, 0.25) is 0 Å². The second-order valence-electron chi connectivity index (χ2n) is 6.58. The van der Waals surface area contributed by atoms with E-state index in [1.165, 1.54) is 37.4 Å². The van der Waals surface area contributed by atoms with Gasteiger partial charge in [-0.3, -0.25) is 10.1 Å². The first-order valence-corrected chi connectivity index (χ1v) is 9.72. The highest BCUT2D eigenvalue weighted by molar-refractivity contribution is 6.03. The van der Waals surface area contributed by atoms with Crippen LogP contribution < -0.4 is 4.74 Å². The van der Waals surface area contributed by atoms with Gasteiger partial charge in [0.15, 0.2) is 5.75 Å². The van der Waals surface area contributed by atoms with Crippen LogP contribution in [0.1, 0.15) is 58.9 Å². The van der Waals surface area contributed by atoms with Crippen molar-refractivity contribution in [3.05, 3.63) is 69.3 Å². The molecule has 30 heavy (non-hydrogen) atoms. The van der Waals surface area contributed by atoms with E-state index in [1.54, 1.807) is 12.1 Å². The van der Waals surface area contributed by atoms with Gasteiger partial charge in [-0.2, -0.15) is 0 Å². The summed E-state index contributed by atoms with van der Waals surface area (Å²) in [5.74, 6) is -1.19. The number of nitro groups is 1. The Morgan fingerprint density at radius 2 is 1.63 bits per heavy atom. The van der Waals surface area contributed by atoms with Crippen molar-refractivity contribution in [1.29, 1.82) is 0 Å². The number of carbonyl (C=O) groups is 2. The van der Waals surface area contributed by atoms with Crippen molar-refractivity contribution in [2.45, 2.75) is 39.2 Å². The van der Waals surface area contributed by atoms with E-state index in [1.807, 2.05) is 0 Å². The molecule has 2 aromatic rings. The molecule has 8 heteroatoms. The zero-order valence-corrected chi connectivity index (χ0v) is 17.1. The number of carbonyl (C=O) groups excluding carboxylic acids is 2. The third-order valence-corrected chi connectivity index (χ3v) is 4.41. The van der Waals surface area contributed by atoms with Crippen molar-refractivity contribution in [2.24, 2.45) is 0 Å². The van der Waals surface area contributed by atoms with Gasteiger partial charge in [-0.25, -0.2) is 9.59 Å². The molecule has 0 unspecified atom stereocenters. The van der Waals surface area contributed by atoms with E-state index in [0.29, 0.717) is 12.2 Å². The number of rotatable bonds is 11. The summed E-state index contributed by atoms with van der Waals surface area (Å²) in [6.07, 6.45) is 3.91. The summed E-state index contributed by atoms with van der Waals surface area (Å²) < 4.78 is 15.6. The molecular formula is C22H25NO7. The lowest BCUT2D eigenvalue weighted by Crippen LogP contribution is -2.14. The van der Waals surface area contributed by atoms with Gasteiger partial charge < -0.3 is 14.2 Å². The zero-order chi connectivity index (χ0) is 21.9. The lowest BCUT2D eigenvalue weighted by Gasteiger charge is -2.10. The highest BCUT2D eigenvalue weighted by Crippen LogP contribution is 2.28. The number of hydrogen-bond donors (Lipinski definition) is 0. The fourth-order valence-electron chi connectivity index (χ4n) is 2.80. The molecule has 0 saturated carbocycles. The second kappa shape index (κ2) is 11.5. The highest BCUT2D eigenvalue weighted by Gasteiger charge is 2.20. The van der Waals surface area contributed by atoms with Crippen LogP contribution in [-0.4, -0.2) is 30.6 Å². The minimum Gasteiger partial charge on any atom is -0.490 e. The average Bonchev–Trinajstić information content (AvgIpc) is 2.76. The molecule has 160 valence electrons. The predicted octanol–water partition coefficient (Wildman–Crippen LogP) is 4.70. The minimum absolute atomic E-state index is 0.0700. The number of ether oxygens (including phenoxy) is 3. The number of hydrogen-bond acceptors (Lipinski definition) is 7. The van der Waals surface area contributed by atoms with Crippen LogP contribution in [0.3, 0.4) is 0 Å². The first-order valence-electron chi connectivity index (χ1n) is 9.72. The molecule has 0 spiro atoms. The third kappa shape index (κ3) is 6.30. The monoisotopic (exact) mass is 415 g/mol. The maximum Gasteiger partial charge on any atom is 0.339 e. The van der Waals surface area contributed by atoms with Crippen molar-refractivity contribution in [2.75, 3.05) is 13.7 Å². The molecule has 0 amide bonds. The molecule has 0 aliphatic rings. The number of unbranched alkanes of at least 4 members (excludes halogenated alkanes) is 3. The Hall–Kier alpha value is -3.42. The zero-order valence-electron chi connectivity index (χ0n) is 17.1. The van der Waals surface area contributed by atoms with E-state index >= 15 is 0 Å². The van der Waals surface area contributed by atoms with Crippen LogP contribution in [0.15, 0.2) is 42.5 Å². The largest absolute Gasteiger partial charge is 0.490 e. The minimum atomic E-state index is -0.689. The maximum absolute atomic E-state index is 12.5. The molecule has 0 aliphatic carbocycles. The van der Waals surface area contributed by atoms with Crippen molar-refractivity contribution in [3.63, 3.8) is 0 Å². The second-order valence-corrected chi connectivity index (χ2v) is 6.58. The molecule has 0 aliphatic heterocycles. The summed E-state index contributed by atoms with van der Waals surface area (Å²) in [5, 5.41) is 11.0. The van der Waals surface area contributed by atoms with Gasteiger partial charge in [0.25, 0.3) is 0 Å². The van der Waals surface area contributed by atoms with Crippen molar-refractivity contribution in [1.82, 2.24) is 0 Å². The van der Waals surface area contributed by atoms with Crippen LogP contribution >= 0.6 is 0 Å². The van der Waals surface area contributed by atoms with E-state index in [2.05, 4.69) is 6.92 Å². The Bertz CT molecular complexity index is 895. The molecule has 2 rings (SSSR count). The summed E-state index contributed by atoms with van der Waals surface area (Å²) >= 11 is 0. The van der Waals surface area contributed by atoms with Crippen LogP contribution in [0.25, 0.3) is 0 Å². The van der Waals surface area contributed by atoms with Gasteiger partial charge in [0, 0.05) is 6.07 Å². The first kappa shape index (κ1) is 22.9. The fraction of sp³-hybridized carbons (Fsp3) is 0.364. The van der Waals surface area contributed by atoms with E-state index in [-0.39, 0.29) is 29.2 Å². The Morgan fingerprint density at radius 3 is 2.23 bits per heavy atom. The summed E-state index contributed by atoms with van der Waals surface area (Å²) in [5.41, 5.74) is 0.575. The summed E-state index contributed by atoms with van der Waals surface area (Å²) in [7, 11) is 1.32. The Morgan fingerprint density at radius 1 is 0.967 bits per heavy atom. The van der Waals surface area contributed by atoms with Gasteiger partial charge in [-0.15, -0.1) is 0 Å². The SMILES string of the molecule is CCCCCCOC(=O)c1ccccc1C(=O)OCc1ccc([N+](=O)[O-])c(OC)c1. The molecule has 2 aromatic carbocycles. The lowest BCUT2D eigenvalue weighted by atomic mass is 10.1. The number of nitro benzene ring substituents is 1. The van der Waals surface area contributed by atoms with Crippen LogP contribution in [0.4, 0.5) is 5.69 Å². The molecule has 0 bridgehead atoms. The quantitative estimate of drug-likeness (QED) is 0.227. The molecule has 0 saturated heterocycles. The fourth-order valence-corrected chi connectivity index (χ4v) is 2.80. The molecule has 8 nitrogen and oxygen atoms in total. The lowest BCUT2D eigenvalue weighted by molar-refractivity contribution is -0.385. The standard InChI is InChI=1S/C22H25NO7/c1-3-4-5-8-13-29-21(24)17-9-6-7-10-18(17)22(25)30-15-16-11-12-19(23(26)27)20(14-16)28-2/h6-7,9-12,14H,3-5,8,13,15H2,1-2H3. The van der Waals surface area contributed by atoms with E-state index < -0.39 is 16.9 Å². The van der Waals surface area contributed by atoms with Crippen molar-refractivity contribution >= 4 is 17.6 Å². The Balaban J connectivity index is 2.02. The van der Waals surface area contributed by atoms with Gasteiger partial charge >= 0.3 is 17.6 Å². The Kier molecular flexibility index (Phi) is 8.80. The highest BCUT2D eigenvalue weighted by atomic mass is 16.6. The summed E-state index contributed by atoms with van der Waals surface area (Å²) in [6.45, 7) is 2.26.